The second kappa shape index (κ2) is 13.8. The molecule has 5 N–H and O–H groups in total. The molecule has 1 fully saturated rings. The number of hydrogen-bond donors (Lipinski definition) is 3. The number of nitrogens with one attached hydrogen (secondary N) is 1. The number of aromatic nitrogens is 2. The smallest absolute Gasteiger partial charge is 0.274 e. The van der Waals surface area contributed by atoms with Gasteiger partial charge in [0.1, 0.15) is 0 Å². The second-order valence-electron chi connectivity index (χ2n) is 11.7. The first kappa shape index (κ1) is 33.6. The molecule has 3 aromatic rings. The Morgan fingerprint density at radius 2 is 1.36 bits per heavy atom. The van der Waals surface area contributed by atoms with Crippen molar-refractivity contribution in [3.63, 3.8) is 0 Å². The zero-order valence-corrected chi connectivity index (χ0v) is 27.4. The molecule has 4 rings (SSSR count). The van der Waals surface area contributed by atoms with E-state index in [2.05, 4.69) is 15.3 Å². The summed E-state index contributed by atoms with van der Waals surface area (Å²) in [4.78, 5) is 21.7. The average molecular weight is 664 g/mol. The molecule has 1 amide bonds. The number of halogens is 1. The molecule has 0 bridgehead atoms. The lowest BCUT2D eigenvalue weighted by atomic mass is 9.99. The van der Waals surface area contributed by atoms with Gasteiger partial charge >= 0.3 is 0 Å². The molecule has 1 aliphatic heterocycles. The van der Waals surface area contributed by atoms with Crippen LogP contribution in [0.25, 0.3) is 0 Å². The minimum absolute atomic E-state index is 0.0361. The minimum Gasteiger partial charge on any atom is -0.382 e. The first-order valence-corrected chi connectivity index (χ1v) is 18.6. The fourth-order valence-corrected chi connectivity index (χ4v) is 7.25. The molecule has 0 aliphatic carbocycles. The van der Waals surface area contributed by atoms with Crippen molar-refractivity contribution in [3.05, 3.63) is 70.5 Å². The second-order valence-corrected chi connectivity index (χ2v) is 16.1. The maximum absolute atomic E-state index is 13.1. The van der Waals surface area contributed by atoms with Crippen LogP contribution in [0.3, 0.4) is 0 Å². The molecule has 2 heterocycles. The van der Waals surface area contributed by atoms with Gasteiger partial charge in [-0.05, 0) is 61.1 Å². The average Bonchev–Trinajstić information content (AvgIpc) is 2.95. The number of carbonyl (C=O) groups is 1. The van der Waals surface area contributed by atoms with Crippen LogP contribution in [0.1, 0.15) is 47.3 Å². The number of amides is 1. The van der Waals surface area contributed by atoms with Crippen molar-refractivity contribution in [1.82, 2.24) is 15.3 Å². The Balaban J connectivity index is 1.46. The molecular weight excluding hydrogens is 624 g/mol. The molecule has 0 saturated carbocycles. The van der Waals surface area contributed by atoms with Crippen LogP contribution in [0.4, 0.5) is 11.6 Å². The Kier molecular flexibility index (Phi) is 10.5. The summed E-state index contributed by atoms with van der Waals surface area (Å²) in [5.74, 6) is -0.561. The Bertz CT molecular complexity index is 1620. The van der Waals surface area contributed by atoms with Gasteiger partial charge in [0, 0.05) is 25.4 Å². The Morgan fingerprint density at radius 1 is 0.864 bits per heavy atom. The van der Waals surface area contributed by atoms with Crippen LogP contribution in [-0.4, -0.2) is 81.9 Å². The van der Waals surface area contributed by atoms with Gasteiger partial charge in [-0.3, -0.25) is 4.79 Å². The minimum atomic E-state index is -3.25. The molecule has 1 atom stereocenters. The van der Waals surface area contributed by atoms with Crippen LogP contribution >= 0.6 is 11.6 Å². The SMILES string of the molecule is CS(=O)(=O)c1ccc(CCC[N+]2(CCCc3ccc(S(C)(=O)=O)cc3)CCC[C@H](NC(=O)c3nc(Cl)c(N)nc3N)C2)cc1. The number of anilines is 2. The number of quaternary nitrogens is 1. The van der Waals surface area contributed by atoms with Crippen LogP contribution in [0.5, 0.6) is 0 Å². The van der Waals surface area contributed by atoms with Gasteiger partial charge in [-0.1, -0.05) is 35.9 Å². The van der Waals surface area contributed by atoms with Crippen LogP contribution in [0.15, 0.2) is 58.3 Å². The van der Waals surface area contributed by atoms with Gasteiger partial charge in [0.25, 0.3) is 5.91 Å². The van der Waals surface area contributed by atoms with Crippen LogP contribution in [0.2, 0.25) is 5.15 Å². The predicted molar refractivity (Wildman–Crippen MR) is 172 cm³/mol. The number of likely N-dealkylation sites (tertiary alicyclic amines) is 1. The molecule has 1 aromatic heterocycles. The summed E-state index contributed by atoms with van der Waals surface area (Å²) in [7, 11) is -6.50. The van der Waals surface area contributed by atoms with E-state index in [4.69, 9.17) is 23.1 Å². The third-order valence-corrected chi connectivity index (χ3v) is 10.7. The molecule has 44 heavy (non-hydrogen) atoms. The van der Waals surface area contributed by atoms with E-state index in [0.29, 0.717) is 9.79 Å². The lowest BCUT2D eigenvalue weighted by Gasteiger charge is -2.45. The van der Waals surface area contributed by atoms with Crippen LogP contribution < -0.4 is 16.8 Å². The largest absolute Gasteiger partial charge is 0.382 e. The molecule has 2 aromatic carbocycles. The van der Waals surface area contributed by atoms with Gasteiger partial charge in [-0.2, -0.15) is 0 Å². The highest BCUT2D eigenvalue weighted by molar-refractivity contribution is 7.91. The molecule has 1 saturated heterocycles. The molecule has 238 valence electrons. The highest BCUT2D eigenvalue weighted by Gasteiger charge is 2.35. The number of hydrogen-bond acceptors (Lipinski definition) is 9. The van der Waals surface area contributed by atoms with Gasteiger partial charge in [0.05, 0.1) is 42.0 Å². The van der Waals surface area contributed by atoms with Gasteiger partial charge in [0.15, 0.2) is 42.2 Å². The van der Waals surface area contributed by atoms with E-state index in [1.54, 1.807) is 24.3 Å². The summed E-state index contributed by atoms with van der Waals surface area (Å²) in [5, 5.41) is 3.01. The molecule has 11 nitrogen and oxygen atoms in total. The van der Waals surface area contributed by atoms with Gasteiger partial charge in [-0.15, -0.1) is 0 Å². The molecule has 0 spiro atoms. The number of benzene rings is 2. The van der Waals surface area contributed by atoms with E-state index in [1.165, 1.54) is 12.5 Å². The number of piperidine rings is 1. The third kappa shape index (κ3) is 8.90. The van der Waals surface area contributed by atoms with Gasteiger partial charge in [-0.25, -0.2) is 26.8 Å². The summed E-state index contributed by atoms with van der Waals surface area (Å²) >= 11 is 6.00. The van der Waals surface area contributed by atoms with Crippen molar-refractivity contribution in [2.24, 2.45) is 0 Å². The molecular formula is C30H40ClN6O5S2+. The standard InChI is InChI=1S/C30H39ClN6O5S2/c1-43(39,40)24-13-9-21(10-14-24)6-3-17-37(18-4-7-22-11-15-25(16-12-22)44(2,41)42)19-5-8-23(20-37)34-30(38)26-28(32)36-29(33)27(31)35-26/h9-16,23H,3-8,17-20H2,1-2H3,(H4-,32,33,34,36,38)/p+1/t23-/m0/s1. The fraction of sp³-hybridized carbons (Fsp3) is 0.433. The van der Waals surface area contributed by atoms with Crippen molar-refractivity contribution >= 4 is 48.8 Å². The zero-order valence-electron chi connectivity index (χ0n) is 25.0. The van der Waals surface area contributed by atoms with Crippen molar-refractivity contribution < 1.29 is 26.1 Å². The number of nitrogens with zero attached hydrogens (tertiary/aromatic N) is 3. The number of carbonyl (C=O) groups excluding carboxylic acids is 1. The van der Waals surface area contributed by atoms with E-state index in [-0.39, 0.29) is 28.5 Å². The summed E-state index contributed by atoms with van der Waals surface area (Å²) in [5.41, 5.74) is 13.7. The number of sulfone groups is 2. The number of aryl methyl sites for hydroxylation is 2. The van der Waals surface area contributed by atoms with Gasteiger partial charge < -0.3 is 21.3 Å². The zero-order chi connectivity index (χ0) is 32.1. The van der Waals surface area contributed by atoms with Crippen molar-refractivity contribution in [2.75, 3.05) is 50.2 Å². The topological polar surface area (TPSA) is 175 Å². The maximum atomic E-state index is 13.1. The normalized spacial score (nSPS) is 16.8. The molecule has 1 aliphatic rings. The Hall–Kier alpha value is -3.26. The number of nitrogen functional groups attached to an aromatic ring is 2. The van der Waals surface area contributed by atoms with Crippen molar-refractivity contribution in [1.29, 1.82) is 0 Å². The molecule has 14 heteroatoms. The van der Waals surface area contributed by atoms with E-state index in [1.807, 2.05) is 24.3 Å². The highest BCUT2D eigenvalue weighted by atomic mass is 35.5. The van der Waals surface area contributed by atoms with Gasteiger partial charge in [0.2, 0.25) is 0 Å². The van der Waals surface area contributed by atoms with Crippen LogP contribution in [-0.2, 0) is 32.5 Å². The summed E-state index contributed by atoms with van der Waals surface area (Å²) in [6.07, 6.45) is 7.48. The quantitative estimate of drug-likeness (QED) is 0.246. The van der Waals surface area contributed by atoms with Crippen LogP contribution in [0, 0.1) is 0 Å². The van der Waals surface area contributed by atoms with E-state index >= 15 is 0 Å². The van der Waals surface area contributed by atoms with Crippen molar-refractivity contribution in [2.45, 2.75) is 54.4 Å². The molecule has 0 unspecified atom stereocenters. The Labute approximate surface area is 264 Å². The number of nitrogens with two attached hydrogens (primary N) is 2. The van der Waals surface area contributed by atoms with E-state index < -0.39 is 25.6 Å². The summed E-state index contributed by atoms with van der Waals surface area (Å²) < 4.78 is 48.1. The molecule has 0 radical (unpaired) electrons. The van der Waals surface area contributed by atoms with E-state index in [0.717, 1.165) is 80.3 Å². The summed E-state index contributed by atoms with van der Waals surface area (Å²) in [6, 6.07) is 13.9. The highest BCUT2D eigenvalue weighted by Crippen LogP contribution is 2.24. The monoisotopic (exact) mass is 663 g/mol. The van der Waals surface area contributed by atoms with E-state index in [9.17, 15) is 21.6 Å². The predicted octanol–water partition coefficient (Wildman–Crippen LogP) is 3.08. The van der Waals surface area contributed by atoms with Crippen molar-refractivity contribution in [3.8, 4) is 0 Å². The summed E-state index contributed by atoms with van der Waals surface area (Å²) in [6.45, 7) is 3.44. The Morgan fingerprint density at radius 3 is 1.84 bits per heavy atom. The third-order valence-electron chi connectivity index (χ3n) is 8.15. The fourth-order valence-electron chi connectivity index (χ4n) is 5.87. The maximum Gasteiger partial charge on any atom is 0.274 e. The lowest BCUT2D eigenvalue weighted by Crippen LogP contribution is -2.60. The first-order chi connectivity index (χ1) is 20.6. The number of rotatable bonds is 12. The lowest BCUT2D eigenvalue weighted by molar-refractivity contribution is -0.933. The first-order valence-electron chi connectivity index (χ1n) is 14.5.